The van der Waals surface area contributed by atoms with Crippen LogP contribution in [0, 0.1) is 11.6 Å². The second kappa shape index (κ2) is 3.21. The van der Waals surface area contributed by atoms with Crippen LogP contribution in [0.15, 0.2) is 18.2 Å². The number of hydrogen-bond donors (Lipinski definition) is 0. The molecule has 0 N–H and O–H groups in total. The number of hydrogen-bond acceptors (Lipinski definition) is 0. The van der Waals surface area contributed by atoms with Crippen molar-refractivity contribution >= 4 is 0 Å². The Hall–Kier alpha value is -0.920. The first-order chi connectivity index (χ1) is 5.27. The molecule has 0 aromatic heterocycles. The first-order valence-electron chi connectivity index (χ1n) is 3.72. The zero-order chi connectivity index (χ0) is 7.84. The van der Waals surface area contributed by atoms with Gasteiger partial charge in [-0.3, -0.25) is 0 Å². The summed E-state index contributed by atoms with van der Waals surface area (Å²) in [5.41, 5.74) is 0.934. The van der Waals surface area contributed by atoms with Crippen LogP contribution in [0.2, 0.25) is 0 Å². The van der Waals surface area contributed by atoms with E-state index in [2.05, 4.69) is 0 Å². The maximum absolute atomic E-state index is 12.6. The average Bonchev–Trinajstić information content (AvgIpc) is 2.77. The molecule has 0 heterocycles. The molecule has 1 fully saturated rings. The highest BCUT2D eigenvalue weighted by Gasteiger charge is 2.24. The SMILES string of the molecule is C.Fc1ccc(C2CC2)cc1F. The summed E-state index contributed by atoms with van der Waals surface area (Å²) >= 11 is 0. The molecular weight excluding hydrogens is 158 g/mol. The number of benzene rings is 1. The van der Waals surface area contributed by atoms with Crippen molar-refractivity contribution in [2.24, 2.45) is 0 Å². The summed E-state index contributed by atoms with van der Waals surface area (Å²) in [6.45, 7) is 0. The van der Waals surface area contributed by atoms with E-state index in [1.807, 2.05) is 0 Å². The van der Waals surface area contributed by atoms with Crippen molar-refractivity contribution in [3.8, 4) is 0 Å². The van der Waals surface area contributed by atoms with Gasteiger partial charge in [0, 0.05) is 0 Å². The first kappa shape index (κ1) is 9.17. The van der Waals surface area contributed by atoms with Gasteiger partial charge in [0.1, 0.15) is 0 Å². The van der Waals surface area contributed by atoms with E-state index in [9.17, 15) is 8.78 Å². The standard InChI is InChI=1S/C9H8F2.CH4/c10-8-4-3-7(5-9(8)11)6-1-2-6;/h3-6H,1-2H2;1H4. The van der Waals surface area contributed by atoms with Crippen LogP contribution in [-0.4, -0.2) is 0 Å². The van der Waals surface area contributed by atoms with Gasteiger partial charge in [-0.2, -0.15) is 0 Å². The lowest BCUT2D eigenvalue weighted by atomic mass is 10.1. The predicted octanol–water partition coefficient (Wildman–Crippen LogP) is 3.48. The van der Waals surface area contributed by atoms with Gasteiger partial charge in [-0.1, -0.05) is 13.5 Å². The Labute approximate surface area is 71.2 Å². The summed E-state index contributed by atoms with van der Waals surface area (Å²) in [6.07, 6.45) is 2.23. The van der Waals surface area contributed by atoms with Gasteiger partial charge in [0.25, 0.3) is 0 Å². The summed E-state index contributed by atoms with van der Waals surface area (Å²) in [5, 5.41) is 0. The van der Waals surface area contributed by atoms with Gasteiger partial charge < -0.3 is 0 Å². The Kier molecular flexibility index (Phi) is 2.46. The van der Waals surface area contributed by atoms with Crippen molar-refractivity contribution in [2.45, 2.75) is 26.2 Å². The van der Waals surface area contributed by atoms with Crippen molar-refractivity contribution in [3.63, 3.8) is 0 Å². The molecule has 1 aromatic carbocycles. The third kappa shape index (κ3) is 1.63. The normalized spacial score (nSPS) is 15.5. The third-order valence-electron chi connectivity index (χ3n) is 1.99. The molecule has 1 aromatic rings. The third-order valence-corrected chi connectivity index (χ3v) is 1.99. The molecule has 0 atom stereocenters. The van der Waals surface area contributed by atoms with Gasteiger partial charge in [-0.25, -0.2) is 8.78 Å². The zero-order valence-corrected chi connectivity index (χ0v) is 5.98. The van der Waals surface area contributed by atoms with Crippen LogP contribution in [0.5, 0.6) is 0 Å². The molecule has 1 aliphatic carbocycles. The summed E-state index contributed by atoms with van der Waals surface area (Å²) in [5.74, 6) is -0.992. The molecule has 2 heteroatoms. The van der Waals surface area contributed by atoms with Crippen molar-refractivity contribution in [3.05, 3.63) is 35.4 Å². The fraction of sp³-hybridized carbons (Fsp3) is 0.400. The molecule has 66 valence electrons. The smallest absolute Gasteiger partial charge is 0.159 e. The van der Waals surface area contributed by atoms with E-state index in [-0.39, 0.29) is 7.43 Å². The second-order valence-electron chi connectivity index (χ2n) is 2.95. The monoisotopic (exact) mass is 170 g/mol. The van der Waals surface area contributed by atoms with E-state index >= 15 is 0 Å². The Morgan fingerprint density at radius 2 is 1.75 bits per heavy atom. The van der Waals surface area contributed by atoms with Gasteiger partial charge >= 0.3 is 0 Å². The van der Waals surface area contributed by atoms with Gasteiger partial charge in [0.15, 0.2) is 11.6 Å². The van der Waals surface area contributed by atoms with Crippen LogP contribution in [0.4, 0.5) is 8.78 Å². The molecule has 0 amide bonds. The lowest BCUT2D eigenvalue weighted by Gasteiger charge is -1.97. The van der Waals surface area contributed by atoms with E-state index in [0.29, 0.717) is 5.92 Å². The topological polar surface area (TPSA) is 0 Å². The van der Waals surface area contributed by atoms with Crippen LogP contribution in [0.1, 0.15) is 31.7 Å². The molecule has 1 saturated carbocycles. The quantitative estimate of drug-likeness (QED) is 0.605. The predicted molar refractivity (Wildman–Crippen MR) is 45.1 cm³/mol. The molecule has 1 aliphatic rings. The van der Waals surface area contributed by atoms with Gasteiger partial charge in [-0.15, -0.1) is 0 Å². The van der Waals surface area contributed by atoms with Crippen LogP contribution in [0.3, 0.4) is 0 Å². The molecule has 0 spiro atoms. The summed E-state index contributed by atoms with van der Waals surface area (Å²) in [6, 6.07) is 4.16. The van der Waals surface area contributed by atoms with Crippen LogP contribution < -0.4 is 0 Å². The average molecular weight is 170 g/mol. The van der Waals surface area contributed by atoms with Crippen LogP contribution in [-0.2, 0) is 0 Å². The second-order valence-corrected chi connectivity index (χ2v) is 2.95. The van der Waals surface area contributed by atoms with E-state index in [0.717, 1.165) is 18.4 Å². The van der Waals surface area contributed by atoms with Crippen molar-refractivity contribution in [2.75, 3.05) is 0 Å². The largest absolute Gasteiger partial charge is 0.204 e. The van der Waals surface area contributed by atoms with Crippen LogP contribution >= 0.6 is 0 Å². The first-order valence-corrected chi connectivity index (χ1v) is 3.72. The minimum Gasteiger partial charge on any atom is -0.204 e. The molecule has 2 rings (SSSR count). The summed E-state index contributed by atoms with van der Waals surface area (Å²) < 4.78 is 25.0. The number of halogens is 2. The minimum atomic E-state index is -0.755. The van der Waals surface area contributed by atoms with E-state index < -0.39 is 11.6 Å². The Bertz CT molecular complexity index is 277. The summed E-state index contributed by atoms with van der Waals surface area (Å²) in [7, 11) is 0. The maximum Gasteiger partial charge on any atom is 0.159 e. The fourth-order valence-electron chi connectivity index (χ4n) is 1.18. The highest BCUT2D eigenvalue weighted by molar-refractivity contribution is 5.24. The van der Waals surface area contributed by atoms with E-state index in [1.165, 1.54) is 12.1 Å². The molecule has 0 bridgehead atoms. The Balaban J connectivity index is 0.000000720. The van der Waals surface area contributed by atoms with Crippen molar-refractivity contribution < 1.29 is 8.78 Å². The Morgan fingerprint density at radius 3 is 2.25 bits per heavy atom. The lowest BCUT2D eigenvalue weighted by molar-refractivity contribution is 0.507. The molecule has 0 nitrogen and oxygen atoms in total. The van der Waals surface area contributed by atoms with Crippen LogP contribution in [0.25, 0.3) is 0 Å². The molecule has 0 aliphatic heterocycles. The molecule has 0 radical (unpaired) electrons. The van der Waals surface area contributed by atoms with E-state index in [1.54, 1.807) is 6.07 Å². The van der Waals surface area contributed by atoms with Crippen molar-refractivity contribution in [1.29, 1.82) is 0 Å². The maximum atomic E-state index is 12.6. The highest BCUT2D eigenvalue weighted by atomic mass is 19.2. The minimum absolute atomic E-state index is 0. The molecule has 0 saturated heterocycles. The van der Waals surface area contributed by atoms with Gasteiger partial charge in [0.2, 0.25) is 0 Å². The number of rotatable bonds is 1. The van der Waals surface area contributed by atoms with Gasteiger partial charge in [-0.05, 0) is 36.5 Å². The highest BCUT2D eigenvalue weighted by Crippen LogP contribution is 2.40. The molecule has 12 heavy (non-hydrogen) atoms. The lowest BCUT2D eigenvalue weighted by Crippen LogP contribution is -1.86. The zero-order valence-electron chi connectivity index (χ0n) is 5.98. The van der Waals surface area contributed by atoms with Gasteiger partial charge in [0.05, 0.1) is 0 Å². The molecule has 0 unspecified atom stereocenters. The Morgan fingerprint density at radius 1 is 1.08 bits per heavy atom. The summed E-state index contributed by atoms with van der Waals surface area (Å²) in [4.78, 5) is 0. The fourth-order valence-corrected chi connectivity index (χ4v) is 1.18. The molecular formula is C10H12F2. The van der Waals surface area contributed by atoms with E-state index in [4.69, 9.17) is 0 Å². The van der Waals surface area contributed by atoms with Crippen molar-refractivity contribution in [1.82, 2.24) is 0 Å².